The SMILES string of the molecule is c1ccc(-c2cc(-c3ccccc3)c3oc4ccc(-c5nc(-c6ccccc6)nc(-c6ccc7c8ccccc8n(-c8ccccc8)c7c6)n5)cc4c3c2)cc1. The fraction of sp³-hybridized carbons (Fsp3) is 0. The van der Waals surface area contributed by atoms with E-state index in [0.29, 0.717) is 17.5 Å². The normalized spacial score (nSPS) is 11.6. The molecule has 3 aromatic heterocycles. The number of fused-ring (bicyclic) bond motifs is 6. The molecule has 0 saturated carbocycles. The molecule has 56 heavy (non-hydrogen) atoms. The molecule has 262 valence electrons. The van der Waals surface area contributed by atoms with Gasteiger partial charge >= 0.3 is 0 Å². The highest BCUT2D eigenvalue weighted by Crippen LogP contribution is 2.41. The zero-order chi connectivity index (χ0) is 37.0. The first-order valence-corrected chi connectivity index (χ1v) is 18.8. The zero-order valence-electron chi connectivity index (χ0n) is 30.2. The summed E-state index contributed by atoms with van der Waals surface area (Å²) in [6.07, 6.45) is 0. The lowest BCUT2D eigenvalue weighted by atomic mass is 9.95. The van der Waals surface area contributed by atoms with Crippen molar-refractivity contribution in [2.24, 2.45) is 0 Å². The van der Waals surface area contributed by atoms with E-state index in [1.54, 1.807) is 0 Å². The van der Waals surface area contributed by atoms with Gasteiger partial charge in [-0.1, -0.05) is 140 Å². The molecule has 8 aromatic carbocycles. The van der Waals surface area contributed by atoms with Gasteiger partial charge in [-0.25, -0.2) is 15.0 Å². The second-order valence-electron chi connectivity index (χ2n) is 14.0. The van der Waals surface area contributed by atoms with Crippen LogP contribution in [0.1, 0.15) is 0 Å². The second kappa shape index (κ2) is 13.0. The monoisotopic (exact) mass is 716 g/mol. The van der Waals surface area contributed by atoms with Gasteiger partial charge in [0.25, 0.3) is 0 Å². The molecule has 0 unspecified atom stereocenters. The Morgan fingerprint density at radius 3 is 1.59 bits per heavy atom. The third-order valence-electron chi connectivity index (χ3n) is 10.6. The van der Waals surface area contributed by atoms with Crippen molar-refractivity contribution in [2.45, 2.75) is 0 Å². The number of hydrogen-bond donors (Lipinski definition) is 0. The predicted molar refractivity (Wildman–Crippen MR) is 229 cm³/mol. The van der Waals surface area contributed by atoms with Gasteiger partial charge in [0.05, 0.1) is 11.0 Å². The molecule has 0 bridgehead atoms. The molecule has 0 saturated heterocycles. The first-order chi connectivity index (χ1) is 27.7. The first-order valence-electron chi connectivity index (χ1n) is 18.8. The number of aromatic nitrogens is 4. The van der Waals surface area contributed by atoms with Crippen molar-refractivity contribution in [3.8, 4) is 62.1 Å². The van der Waals surface area contributed by atoms with E-state index in [0.717, 1.165) is 77.6 Å². The van der Waals surface area contributed by atoms with Crippen LogP contribution in [0, 0.1) is 0 Å². The molecule has 11 aromatic rings. The number of benzene rings is 8. The molecule has 3 heterocycles. The average Bonchev–Trinajstić information content (AvgIpc) is 3.82. The minimum Gasteiger partial charge on any atom is -0.455 e. The van der Waals surface area contributed by atoms with Crippen LogP contribution in [0.4, 0.5) is 0 Å². The summed E-state index contributed by atoms with van der Waals surface area (Å²) >= 11 is 0. The minimum atomic E-state index is 0.594. The van der Waals surface area contributed by atoms with Gasteiger partial charge in [0, 0.05) is 49.5 Å². The Kier molecular flexibility index (Phi) is 7.42. The van der Waals surface area contributed by atoms with Crippen LogP contribution in [0.15, 0.2) is 199 Å². The summed E-state index contributed by atoms with van der Waals surface area (Å²) in [4.78, 5) is 15.4. The number of furan rings is 1. The molecule has 0 amide bonds. The molecule has 0 spiro atoms. The van der Waals surface area contributed by atoms with Gasteiger partial charge in [0.15, 0.2) is 17.5 Å². The molecule has 0 N–H and O–H groups in total. The fourth-order valence-corrected chi connectivity index (χ4v) is 7.96. The Balaban J connectivity index is 1.12. The van der Waals surface area contributed by atoms with Gasteiger partial charge in [-0.3, -0.25) is 0 Å². The Bertz CT molecular complexity index is 3230. The molecule has 11 rings (SSSR count). The minimum absolute atomic E-state index is 0.594. The van der Waals surface area contributed by atoms with E-state index in [-0.39, 0.29) is 0 Å². The van der Waals surface area contributed by atoms with Gasteiger partial charge in [-0.15, -0.1) is 0 Å². The van der Waals surface area contributed by atoms with Crippen LogP contribution in [0.25, 0.3) is 106 Å². The molecule has 0 aliphatic rings. The van der Waals surface area contributed by atoms with Crippen molar-refractivity contribution in [3.63, 3.8) is 0 Å². The predicted octanol–water partition coefficient (Wildman–Crippen LogP) is 13.2. The van der Waals surface area contributed by atoms with Crippen molar-refractivity contribution in [1.29, 1.82) is 0 Å². The highest BCUT2D eigenvalue weighted by Gasteiger charge is 2.19. The standard InChI is InChI=1S/C51H32N4O/c1-5-15-33(16-6-1)38-30-42(34-17-7-2-8-18-34)48-44(31-38)43-29-36(26-28-47(43)56-48)50-52-49(35-19-9-3-10-20-35)53-51(54-50)37-25-27-41-40-23-13-14-24-45(40)55(46(41)32-37)39-21-11-4-12-22-39/h1-32H. The first kappa shape index (κ1) is 31.9. The molecule has 0 aliphatic heterocycles. The number of rotatable bonds is 6. The maximum Gasteiger partial charge on any atom is 0.164 e. The van der Waals surface area contributed by atoms with E-state index in [1.165, 1.54) is 10.8 Å². The zero-order valence-corrected chi connectivity index (χ0v) is 30.2. The largest absolute Gasteiger partial charge is 0.455 e. The highest BCUT2D eigenvalue weighted by atomic mass is 16.3. The van der Waals surface area contributed by atoms with E-state index < -0.39 is 0 Å². The van der Waals surface area contributed by atoms with Crippen LogP contribution in [0.3, 0.4) is 0 Å². The van der Waals surface area contributed by atoms with Crippen molar-refractivity contribution in [1.82, 2.24) is 19.5 Å². The van der Waals surface area contributed by atoms with E-state index in [9.17, 15) is 0 Å². The second-order valence-corrected chi connectivity index (χ2v) is 14.0. The lowest BCUT2D eigenvalue weighted by Gasteiger charge is -2.10. The molecule has 0 atom stereocenters. The lowest BCUT2D eigenvalue weighted by molar-refractivity contribution is 0.670. The van der Waals surface area contributed by atoms with E-state index >= 15 is 0 Å². The van der Waals surface area contributed by atoms with E-state index in [1.807, 2.05) is 54.6 Å². The Labute approximate surface area is 322 Å². The molecular formula is C51H32N4O. The molecule has 5 heteroatoms. The van der Waals surface area contributed by atoms with Crippen molar-refractivity contribution >= 4 is 43.7 Å². The summed E-state index contributed by atoms with van der Waals surface area (Å²) in [5.41, 5.74) is 12.2. The third kappa shape index (κ3) is 5.37. The number of nitrogens with zero attached hydrogens (tertiary/aromatic N) is 4. The summed E-state index contributed by atoms with van der Waals surface area (Å²) in [7, 11) is 0. The number of hydrogen-bond acceptors (Lipinski definition) is 4. The Hall–Kier alpha value is -7.63. The van der Waals surface area contributed by atoms with Crippen LogP contribution < -0.4 is 0 Å². The lowest BCUT2D eigenvalue weighted by Crippen LogP contribution is -2.00. The maximum atomic E-state index is 6.66. The van der Waals surface area contributed by atoms with Gasteiger partial charge in [0.2, 0.25) is 0 Å². The fourth-order valence-electron chi connectivity index (χ4n) is 7.96. The Morgan fingerprint density at radius 2 is 0.875 bits per heavy atom. The van der Waals surface area contributed by atoms with Crippen molar-refractivity contribution in [2.75, 3.05) is 0 Å². The summed E-state index contributed by atoms with van der Waals surface area (Å²) in [6, 6.07) is 67.4. The van der Waals surface area contributed by atoms with E-state index in [2.05, 4.69) is 144 Å². The van der Waals surface area contributed by atoms with Gasteiger partial charge in [-0.2, -0.15) is 0 Å². The summed E-state index contributed by atoms with van der Waals surface area (Å²) in [5, 5.41) is 4.42. The van der Waals surface area contributed by atoms with Crippen LogP contribution >= 0.6 is 0 Å². The van der Waals surface area contributed by atoms with Crippen LogP contribution in [-0.2, 0) is 0 Å². The topological polar surface area (TPSA) is 56.7 Å². The van der Waals surface area contributed by atoms with Crippen LogP contribution in [0.2, 0.25) is 0 Å². The number of para-hydroxylation sites is 2. The van der Waals surface area contributed by atoms with E-state index in [4.69, 9.17) is 19.4 Å². The average molecular weight is 717 g/mol. The molecular weight excluding hydrogens is 685 g/mol. The van der Waals surface area contributed by atoms with Crippen molar-refractivity contribution in [3.05, 3.63) is 194 Å². The van der Waals surface area contributed by atoms with Gasteiger partial charge in [0.1, 0.15) is 11.2 Å². The highest BCUT2D eigenvalue weighted by molar-refractivity contribution is 6.12. The van der Waals surface area contributed by atoms with Crippen LogP contribution in [-0.4, -0.2) is 19.5 Å². The van der Waals surface area contributed by atoms with Crippen molar-refractivity contribution < 1.29 is 4.42 Å². The molecule has 0 radical (unpaired) electrons. The summed E-state index contributed by atoms with van der Waals surface area (Å²) in [6.45, 7) is 0. The smallest absolute Gasteiger partial charge is 0.164 e. The third-order valence-corrected chi connectivity index (χ3v) is 10.6. The van der Waals surface area contributed by atoms with Gasteiger partial charge < -0.3 is 8.98 Å². The molecule has 0 fully saturated rings. The van der Waals surface area contributed by atoms with Gasteiger partial charge in [-0.05, 0) is 71.3 Å². The quantitative estimate of drug-likeness (QED) is 0.172. The molecule has 5 nitrogen and oxygen atoms in total. The summed E-state index contributed by atoms with van der Waals surface area (Å²) < 4.78 is 8.98. The summed E-state index contributed by atoms with van der Waals surface area (Å²) in [5.74, 6) is 1.82. The molecule has 0 aliphatic carbocycles. The maximum absolute atomic E-state index is 6.66. The Morgan fingerprint density at radius 1 is 0.339 bits per heavy atom. The van der Waals surface area contributed by atoms with Crippen LogP contribution in [0.5, 0.6) is 0 Å².